The van der Waals surface area contributed by atoms with E-state index in [1.807, 2.05) is 0 Å². The minimum atomic E-state index is -0.515. The summed E-state index contributed by atoms with van der Waals surface area (Å²) in [7, 11) is 1.30. The van der Waals surface area contributed by atoms with Crippen molar-refractivity contribution in [3.63, 3.8) is 0 Å². The Kier molecular flexibility index (Phi) is 4.36. The molecule has 104 valence electrons. The van der Waals surface area contributed by atoms with Crippen LogP contribution in [0, 0.1) is 0 Å². The molecule has 5 nitrogen and oxygen atoms in total. The number of aliphatic hydroxyl groups is 1. The van der Waals surface area contributed by atoms with Crippen LogP contribution in [0.25, 0.3) is 11.3 Å². The second-order valence-electron chi connectivity index (χ2n) is 4.10. The Labute approximate surface area is 124 Å². The number of rotatable bonds is 3. The Hall–Kier alpha value is -1.92. The minimum Gasteiger partial charge on any atom is -0.465 e. The Morgan fingerprint density at radius 3 is 2.60 bits per heavy atom. The monoisotopic (exact) mass is 336 g/mol. The van der Waals surface area contributed by atoms with Crippen LogP contribution in [-0.4, -0.2) is 23.2 Å². The van der Waals surface area contributed by atoms with Gasteiger partial charge in [0, 0.05) is 5.56 Å². The average Bonchev–Trinajstić information content (AvgIpc) is 2.48. The molecule has 0 fully saturated rings. The molecular weight excluding hydrogens is 324 g/mol. The van der Waals surface area contributed by atoms with E-state index in [-0.39, 0.29) is 17.9 Å². The zero-order chi connectivity index (χ0) is 14.7. The summed E-state index contributed by atoms with van der Waals surface area (Å²) >= 11 is 3.26. The molecule has 1 heterocycles. The molecule has 0 unspecified atom stereocenters. The molecule has 20 heavy (non-hydrogen) atoms. The third kappa shape index (κ3) is 2.81. The quantitative estimate of drug-likeness (QED) is 0.663. The van der Waals surface area contributed by atoms with Crippen molar-refractivity contribution in [2.24, 2.45) is 0 Å². The zero-order valence-corrected chi connectivity index (χ0v) is 12.3. The Morgan fingerprint density at radius 2 is 2.05 bits per heavy atom. The van der Waals surface area contributed by atoms with Gasteiger partial charge < -0.3 is 15.6 Å². The summed E-state index contributed by atoms with van der Waals surface area (Å²) in [6, 6.07) is 8.65. The molecule has 0 aliphatic heterocycles. The molecule has 0 bridgehead atoms. The van der Waals surface area contributed by atoms with Crippen molar-refractivity contribution in [3.05, 3.63) is 46.1 Å². The van der Waals surface area contributed by atoms with Crippen molar-refractivity contribution in [3.8, 4) is 11.3 Å². The van der Waals surface area contributed by atoms with Gasteiger partial charge >= 0.3 is 5.97 Å². The highest BCUT2D eigenvalue weighted by atomic mass is 79.9. The summed E-state index contributed by atoms with van der Waals surface area (Å²) < 4.78 is 5.19. The van der Waals surface area contributed by atoms with E-state index in [4.69, 9.17) is 15.6 Å². The van der Waals surface area contributed by atoms with E-state index in [0.29, 0.717) is 10.3 Å². The molecule has 6 heteroatoms. The van der Waals surface area contributed by atoms with Crippen LogP contribution in [0.3, 0.4) is 0 Å². The average molecular weight is 337 g/mol. The molecule has 0 amide bonds. The number of aromatic nitrogens is 1. The van der Waals surface area contributed by atoms with Gasteiger partial charge in [-0.25, -0.2) is 9.78 Å². The standard InChI is InChI=1S/C14H13BrN2O3/c1-20-14(19)10-6-11(15)17-13(12(10)16)9-4-2-8(7-18)3-5-9/h2-6,18H,7,16H2,1H3. The van der Waals surface area contributed by atoms with E-state index < -0.39 is 5.97 Å². The lowest BCUT2D eigenvalue weighted by Crippen LogP contribution is -2.08. The number of pyridine rings is 1. The molecule has 0 radical (unpaired) electrons. The van der Waals surface area contributed by atoms with Gasteiger partial charge in [0.05, 0.1) is 30.7 Å². The number of carbonyl (C=O) groups excluding carboxylic acids is 1. The first-order chi connectivity index (χ1) is 9.56. The van der Waals surface area contributed by atoms with Gasteiger partial charge in [-0.05, 0) is 27.6 Å². The molecule has 0 aliphatic rings. The Bertz CT molecular complexity index is 642. The largest absolute Gasteiger partial charge is 0.465 e. The van der Waals surface area contributed by atoms with Crippen molar-refractivity contribution in [2.45, 2.75) is 6.61 Å². The third-order valence-corrected chi connectivity index (χ3v) is 3.25. The lowest BCUT2D eigenvalue weighted by molar-refractivity contribution is 0.0602. The number of anilines is 1. The van der Waals surface area contributed by atoms with E-state index >= 15 is 0 Å². The van der Waals surface area contributed by atoms with Crippen LogP contribution in [0.4, 0.5) is 5.69 Å². The van der Waals surface area contributed by atoms with Crippen molar-refractivity contribution >= 4 is 27.6 Å². The predicted octanol–water partition coefficient (Wildman–Crippen LogP) is 2.37. The summed E-state index contributed by atoms with van der Waals surface area (Å²) in [5.74, 6) is -0.515. The number of hydrogen-bond acceptors (Lipinski definition) is 5. The fourth-order valence-corrected chi connectivity index (χ4v) is 2.20. The maximum Gasteiger partial charge on any atom is 0.340 e. The lowest BCUT2D eigenvalue weighted by atomic mass is 10.0. The lowest BCUT2D eigenvalue weighted by Gasteiger charge is -2.10. The first-order valence-electron chi connectivity index (χ1n) is 5.81. The van der Waals surface area contributed by atoms with Crippen molar-refractivity contribution in [1.82, 2.24) is 4.98 Å². The van der Waals surface area contributed by atoms with Crippen molar-refractivity contribution < 1.29 is 14.6 Å². The zero-order valence-electron chi connectivity index (χ0n) is 10.8. The third-order valence-electron chi connectivity index (χ3n) is 2.84. The van der Waals surface area contributed by atoms with E-state index in [0.717, 1.165) is 11.1 Å². The molecule has 1 aromatic carbocycles. The fraction of sp³-hybridized carbons (Fsp3) is 0.143. The first kappa shape index (κ1) is 14.5. The maximum absolute atomic E-state index is 11.7. The second-order valence-corrected chi connectivity index (χ2v) is 4.91. The Morgan fingerprint density at radius 1 is 1.40 bits per heavy atom. The molecular formula is C14H13BrN2O3. The predicted molar refractivity (Wildman–Crippen MR) is 79.0 cm³/mol. The van der Waals surface area contributed by atoms with Gasteiger partial charge in [0.25, 0.3) is 0 Å². The van der Waals surface area contributed by atoms with Gasteiger partial charge in [-0.3, -0.25) is 0 Å². The number of methoxy groups -OCH3 is 1. The van der Waals surface area contributed by atoms with E-state index in [1.54, 1.807) is 24.3 Å². The number of nitrogens with two attached hydrogens (primary N) is 1. The van der Waals surface area contributed by atoms with Crippen LogP contribution < -0.4 is 5.73 Å². The summed E-state index contributed by atoms with van der Waals surface area (Å²) in [6.45, 7) is -0.0327. The van der Waals surface area contributed by atoms with Gasteiger partial charge in [-0.2, -0.15) is 0 Å². The van der Waals surface area contributed by atoms with E-state index in [9.17, 15) is 4.79 Å². The molecule has 2 rings (SSSR count). The summed E-state index contributed by atoms with van der Waals surface area (Å²) in [4.78, 5) is 16.0. The van der Waals surface area contributed by atoms with Crippen LogP contribution >= 0.6 is 15.9 Å². The number of esters is 1. The van der Waals surface area contributed by atoms with Crippen molar-refractivity contribution in [2.75, 3.05) is 12.8 Å². The first-order valence-corrected chi connectivity index (χ1v) is 6.60. The highest BCUT2D eigenvalue weighted by Gasteiger charge is 2.17. The SMILES string of the molecule is COC(=O)c1cc(Br)nc(-c2ccc(CO)cc2)c1N. The number of aliphatic hydroxyl groups excluding tert-OH is 1. The van der Waals surface area contributed by atoms with Gasteiger partial charge in [0.2, 0.25) is 0 Å². The van der Waals surface area contributed by atoms with Crippen LogP contribution in [0.15, 0.2) is 34.9 Å². The van der Waals surface area contributed by atoms with Crippen molar-refractivity contribution in [1.29, 1.82) is 0 Å². The van der Waals surface area contributed by atoms with Crippen LogP contribution in [0.5, 0.6) is 0 Å². The molecule has 0 spiro atoms. The summed E-state index contributed by atoms with van der Waals surface area (Å²) in [6.07, 6.45) is 0. The number of halogens is 1. The molecule has 3 N–H and O–H groups in total. The maximum atomic E-state index is 11.7. The van der Waals surface area contributed by atoms with Crippen LogP contribution in [-0.2, 0) is 11.3 Å². The highest BCUT2D eigenvalue weighted by Crippen LogP contribution is 2.29. The molecule has 0 aliphatic carbocycles. The topological polar surface area (TPSA) is 85.4 Å². The fourth-order valence-electron chi connectivity index (χ4n) is 1.79. The summed E-state index contributed by atoms with van der Waals surface area (Å²) in [5.41, 5.74) is 8.55. The van der Waals surface area contributed by atoms with E-state index in [1.165, 1.54) is 13.2 Å². The van der Waals surface area contributed by atoms with Gasteiger partial charge in [0.15, 0.2) is 0 Å². The number of carbonyl (C=O) groups is 1. The smallest absolute Gasteiger partial charge is 0.340 e. The highest BCUT2D eigenvalue weighted by molar-refractivity contribution is 9.10. The minimum absolute atomic E-state index is 0.0327. The normalized spacial score (nSPS) is 10.3. The number of ether oxygens (including phenoxy) is 1. The molecule has 0 saturated carbocycles. The van der Waals surface area contributed by atoms with Gasteiger partial charge in [0.1, 0.15) is 4.60 Å². The second kappa shape index (κ2) is 6.02. The Balaban J connectivity index is 2.55. The number of nitrogen functional groups attached to an aromatic ring is 1. The van der Waals surface area contributed by atoms with E-state index in [2.05, 4.69) is 20.9 Å². The van der Waals surface area contributed by atoms with Gasteiger partial charge in [-0.15, -0.1) is 0 Å². The number of benzene rings is 1. The van der Waals surface area contributed by atoms with Crippen LogP contribution in [0.2, 0.25) is 0 Å². The molecule has 1 aromatic heterocycles. The molecule has 0 atom stereocenters. The molecule has 0 saturated heterocycles. The summed E-state index contributed by atoms with van der Waals surface area (Å²) in [5, 5.41) is 9.04. The van der Waals surface area contributed by atoms with Gasteiger partial charge in [-0.1, -0.05) is 24.3 Å². The number of hydrogen-bond donors (Lipinski definition) is 2. The van der Waals surface area contributed by atoms with Crippen LogP contribution in [0.1, 0.15) is 15.9 Å². The number of nitrogens with zero attached hydrogens (tertiary/aromatic N) is 1. The molecule has 2 aromatic rings.